The van der Waals surface area contributed by atoms with Crippen LogP contribution in [0.3, 0.4) is 0 Å². The standard InChI is InChI=1S/C31H42N6O2/c1-17-12-18(2)35-31(39)24(17)13-27-26(28-16-33-19(3)15-34-28)14-25(30(32)38)20(4)29(27)36-21(5)22-8-10-23(11-9-22)37(6)7/h12,14-16,21-23,36H,8-11,13H2,1-7H3,(H2,32,38)(H,35,39). The lowest BCUT2D eigenvalue weighted by atomic mass is 9.81. The summed E-state index contributed by atoms with van der Waals surface area (Å²) in [4.78, 5) is 40.1. The Morgan fingerprint density at radius 1 is 1.08 bits per heavy atom. The zero-order valence-corrected chi connectivity index (χ0v) is 24.3. The van der Waals surface area contributed by atoms with Crippen LogP contribution < -0.4 is 16.6 Å². The minimum absolute atomic E-state index is 0.105. The first kappa shape index (κ1) is 28.5. The van der Waals surface area contributed by atoms with Crippen LogP contribution in [-0.4, -0.2) is 51.9 Å². The largest absolute Gasteiger partial charge is 0.382 e. The van der Waals surface area contributed by atoms with Crippen molar-refractivity contribution in [1.82, 2.24) is 19.9 Å². The van der Waals surface area contributed by atoms with Gasteiger partial charge in [-0.3, -0.25) is 19.6 Å². The van der Waals surface area contributed by atoms with Gasteiger partial charge >= 0.3 is 0 Å². The summed E-state index contributed by atoms with van der Waals surface area (Å²) in [6.45, 7) is 9.88. The normalized spacial score (nSPS) is 18.3. The molecule has 8 heteroatoms. The van der Waals surface area contributed by atoms with Gasteiger partial charge in [0.25, 0.3) is 5.56 Å². The van der Waals surface area contributed by atoms with Crippen molar-refractivity contribution in [2.24, 2.45) is 11.7 Å². The van der Waals surface area contributed by atoms with E-state index >= 15 is 0 Å². The zero-order valence-electron chi connectivity index (χ0n) is 24.3. The number of amides is 1. The lowest BCUT2D eigenvalue weighted by molar-refractivity contribution is 0.0999. The number of hydrogen-bond acceptors (Lipinski definition) is 6. The van der Waals surface area contributed by atoms with Crippen LogP contribution in [0.5, 0.6) is 0 Å². The number of nitrogens with one attached hydrogen (secondary N) is 2. The van der Waals surface area contributed by atoms with E-state index in [1.807, 2.05) is 39.8 Å². The number of nitrogens with two attached hydrogens (primary N) is 1. The summed E-state index contributed by atoms with van der Waals surface area (Å²) in [6, 6.07) is 4.59. The van der Waals surface area contributed by atoms with Gasteiger partial charge in [0.1, 0.15) is 0 Å². The molecule has 8 nitrogen and oxygen atoms in total. The van der Waals surface area contributed by atoms with Crippen LogP contribution in [0.4, 0.5) is 5.69 Å². The number of primary amides is 1. The third-order valence-electron chi connectivity index (χ3n) is 8.42. The second-order valence-electron chi connectivity index (χ2n) is 11.4. The minimum atomic E-state index is -0.494. The number of carbonyl (C=O) groups excluding carboxylic acids is 1. The molecule has 1 fully saturated rings. The lowest BCUT2D eigenvalue weighted by Gasteiger charge is -2.36. The molecule has 0 radical (unpaired) electrons. The van der Waals surface area contributed by atoms with Gasteiger partial charge in [0.2, 0.25) is 5.91 Å². The molecule has 0 spiro atoms. The molecule has 1 saturated carbocycles. The van der Waals surface area contributed by atoms with Gasteiger partial charge in [-0.1, -0.05) is 0 Å². The smallest absolute Gasteiger partial charge is 0.251 e. The summed E-state index contributed by atoms with van der Waals surface area (Å²) < 4.78 is 0. The maximum absolute atomic E-state index is 13.1. The van der Waals surface area contributed by atoms with Gasteiger partial charge < -0.3 is 20.9 Å². The Morgan fingerprint density at radius 3 is 2.33 bits per heavy atom. The van der Waals surface area contributed by atoms with Gasteiger partial charge in [0, 0.05) is 52.8 Å². The fraction of sp³-hybridized carbons (Fsp3) is 0.484. The maximum Gasteiger partial charge on any atom is 0.251 e. The van der Waals surface area contributed by atoms with E-state index in [1.54, 1.807) is 12.4 Å². The zero-order chi connectivity index (χ0) is 28.4. The topological polar surface area (TPSA) is 117 Å². The van der Waals surface area contributed by atoms with Crippen LogP contribution >= 0.6 is 0 Å². The number of benzene rings is 1. The molecule has 4 rings (SSSR count). The van der Waals surface area contributed by atoms with E-state index in [2.05, 4.69) is 46.2 Å². The molecule has 2 heterocycles. The van der Waals surface area contributed by atoms with E-state index in [1.165, 1.54) is 12.8 Å². The number of pyridine rings is 1. The Kier molecular flexibility index (Phi) is 8.54. The molecule has 1 atom stereocenters. The average Bonchev–Trinajstić information content (AvgIpc) is 2.88. The summed E-state index contributed by atoms with van der Waals surface area (Å²) >= 11 is 0. The first-order chi connectivity index (χ1) is 18.5. The third kappa shape index (κ3) is 6.22. The number of aromatic amines is 1. The Morgan fingerprint density at radius 2 is 1.77 bits per heavy atom. The number of rotatable bonds is 8. The summed E-state index contributed by atoms with van der Waals surface area (Å²) in [6.07, 6.45) is 8.41. The van der Waals surface area contributed by atoms with E-state index in [9.17, 15) is 9.59 Å². The Hall–Kier alpha value is -3.52. The maximum atomic E-state index is 13.1. The molecule has 0 aliphatic heterocycles. The molecule has 0 saturated heterocycles. The molecule has 1 unspecified atom stereocenters. The number of nitrogens with zero attached hydrogens (tertiary/aromatic N) is 3. The second-order valence-corrected chi connectivity index (χ2v) is 11.4. The van der Waals surface area contributed by atoms with Crippen molar-refractivity contribution in [3.63, 3.8) is 0 Å². The van der Waals surface area contributed by atoms with Crippen molar-refractivity contribution in [1.29, 1.82) is 0 Å². The van der Waals surface area contributed by atoms with E-state index in [4.69, 9.17) is 5.73 Å². The summed E-state index contributed by atoms with van der Waals surface area (Å²) in [5, 5.41) is 3.80. The molecule has 1 aromatic carbocycles. The molecule has 1 aliphatic rings. The summed E-state index contributed by atoms with van der Waals surface area (Å²) in [5.41, 5.74) is 13.4. The Balaban J connectivity index is 1.85. The van der Waals surface area contributed by atoms with Crippen LogP contribution in [0.25, 0.3) is 11.3 Å². The average molecular weight is 531 g/mol. The summed E-state index contributed by atoms with van der Waals surface area (Å²) in [5.74, 6) is 0.00439. The molecule has 1 aliphatic carbocycles. The van der Waals surface area contributed by atoms with Crippen molar-refractivity contribution >= 4 is 11.6 Å². The highest BCUT2D eigenvalue weighted by Gasteiger charge is 2.28. The molecule has 0 bridgehead atoms. The highest BCUT2D eigenvalue weighted by molar-refractivity contribution is 5.98. The van der Waals surface area contributed by atoms with Crippen molar-refractivity contribution in [2.75, 3.05) is 19.4 Å². The molecule has 3 aromatic rings. The highest BCUT2D eigenvalue weighted by atomic mass is 16.1. The summed E-state index contributed by atoms with van der Waals surface area (Å²) in [7, 11) is 4.31. The number of H-pyrrole nitrogens is 1. The van der Waals surface area contributed by atoms with Crippen LogP contribution in [0.1, 0.15) is 76.6 Å². The lowest BCUT2D eigenvalue weighted by Crippen LogP contribution is -2.37. The minimum Gasteiger partial charge on any atom is -0.382 e. The predicted molar refractivity (Wildman–Crippen MR) is 157 cm³/mol. The molecule has 39 heavy (non-hydrogen) atoms. The van der Waals surface area contributed by atoms with Crippen LogP contribution in [0, 0.1) is 33.6 Å². The molecule has 1 amide bonds. The number of anilines is 1. The van der Waals surface area contributed by atoms with Gasteiger partial charge in [-0.05, 0) is 109 Å². The van der Waals surface area contributed by atoms with Crippen molar-refractivity contribution in [2.45, 2.75) is 78.8 Å². The molecule has 2 aromatic heterocycles. The molecule has 4 N–H and O–H groups in total. The van der Waals surface area contributed by atoms with Crippen molar-refractivity contribution < 1.29 is 4.79 Å². The number of carbonyl (C=O) groups is 1. The van der Waals surface area contributed by atoms with Crippen LogP contribution in [0.2, 0.25) is 0 Å². The van der Waals surface area contributed by atoms with E-state index < -0.39 is 5.91 Å². The first-order valence-corrected chi connectivity index (χ1v) is 13.8. The van der Waals surface area contributed by atoms with E-state index in [0.29, 0.717) is 35.2 Å². The number of hydrogen-bond donors (Lipinski definition) is 3. The van der Waals surface area contributed by atoms with Crippen LogP contribution in [0.15, 0.2) is 29.3 Å². The fourth-order valence-corrected chi connectivity index (χ4v) is 5.97. The third-order valence-corrected chi connectivity index (χ3v) is 8.42. The molecular formula is C31H42N6O2. The van der Waals surface area contributed by atoms with Crippen LogP contribution in [-0.2, 0) is 6.42 Å². The quantitative estimate of drug-likeness (QED) is 0.389. The van der Waals surface area contributed by atoms with Gasteiger partial charge in [-0.25, -0.2) is 0 Å². The van der Waals surface area contributed by atoms with Crippen molar-refractivity contribution in [3.05, 3.63) is 74.1 Å². The number of aromatic nitrogens is 3. The Labute approximate surface area is 231 Å². The monoisotopic (exact) mass is 530 g/mol. The Bertz CT molecular complexity index is 1400. The van der Waals surface area contributed by atoms with Gasteiger partial charge in [0.05, 0.1) is 17.6 Å². The van der Waals surface area contributed by atoms with Crippen molar-refractivity contribution in [3.8, 4) is 11.3 Å². The highest BCUT2D eigenvalue weighted by Crippen LogP contribution is 2.38. The van der Waals surface area contributed by atoms with E-state index in [0.717, 1.165) is 52.2 Å². The molecular weight excluding hydrogens is 488 g/mol. The number of aryl methyl sites for hydroxylation is 3. The SMILES string of the molecule is Cc1cnc(-c2cc(C(N)=O)c(C)c(NC(C)C3CCC(N(C)C)CC3)c2Cc2c(C)cc(C)[nH]c2=O)cn1. The van der Waals surface area contributed by atoms with Gasteiger partial charge in [-0.2, -0.15) is 0 Å². The predicted octanol–water partition coefficient (Wildman–Crippen LogP) is 4.68. The van der Waals surface area contributed by atoms with Gasteiger partial charge in [-0.15, -0.1) is 0 Å². The molecule has 208 valence electrons. The fourth-order valence-electron chi connectivity index (χ4n) is 5.97. The van der Waals surface area contributed by atoms with E-state index in [-0.39, 0.29) is 11.6 Å². The second kappa shape index (κ2) is 11.7. The first-order valence-electron chi connectivity index (χ1n) is 13.8. The van der Waals surface area contributed by atoms with Gasteiger partial charge in [0.15, 0.2) is 0 Å².